The third kappa shape index (κ3) is 5.91. The highest BCUT2D eigenvalue weighted by atomic mass is 32.2. The van der Waals surface area contributed by atoms with Crippen LogP contribution in [0.1, 0.15) is 12.5 Å². The number of piperazine rings is 1. The fourth-order valence-corrected chi connectivity index (χ4v) is 4.08. The van der Waals surface area contributed by atoms with E-state index < -0.39 is 10.0 Å². The molecule has 0 spiro atoms. The minimum absolute atomic E-state index is 0.0302. The standard InChI is InChI=1S/C18H27N3O4S/c1-16(18(22)19-9-14-25-2)20-10-12-21(13-11-20)26(23,24)15-8-17-6-4-3-5-7-17/h3-8,15-16H,9-14H2,1-2H3,(H,19,22)/p+1/b15-8+/t16-/m1/s1. The molecular formula is C18H28N3O4S+. The van der Waals surface area contributed by atoms with E-state index in [-0.39, 0.29) is 11.9 Å². The molecule has 1 aliphatic heterocycles. The molecule has 0 saturated carbocycles. The predicted molar refractivity (Wildman–Crippen MR) is 101 cm³/mol. The second-order valence-corrected chi connectivity index (χ2v) is 8.14. The normalized spacial score (nSPS) is 18.1. The number of rotatable bonds is 8. The Morgan fingerprint density at radius 1 is 1.31 bits per heavy atom. The van der Waals surface area contributed by atoms with Crippen LogP contribution in [0.5, 0.6) is 0 Å². The zero-order valence-corrected chi connectivity index (χ0v) is 16.2. The highest BCUT2D eigenvalue weighted by molar-refractivity contribution is 7.92. The Kier molecular flexibility index (Phi) is 7.77. The summed E-state index contributed by atoms with van der Waals surface area (Å²) in [7, 11) is -1.86. The number of amides is 1. The largest absolute Gasteiger partial charge is 0.383 e. The van der Waals surface area contributed by atoms with E-state index in [9.17, 15) is 13.2 Å². The number of methoxy groups -OCH3 is 1. The maximum absolute atomic E-state index is 12.5. The molecule has 1 atom stereocenters. The third-order valence-corrected chi connectivity index (χ3v) is 6.13. The van der Waals surface area contributed by atoms with Gasteiger partial charge in [-0.05, 0) is 18.6 Å². The molecule has 0 bridgehead atoms. The molecular weight excluding hydrogens is 354 g/mol. The van der Waals surface area contributed by atoms with E-state index in [1.54, 1.807) is 13.2 Å². The molecule has 0 unspecified atom stereocenters. The Balaban J connectivity index is 1.86. The van der Waals surface area contributed by atoms with Crippen molar-refractivity contribution in [1.29, 1.82) is 0 Å². The maximum atomic E-state index is 12.5. The van der Waals surface area contributed by atoms with Gasteiger partial charge in [0.1, 0.15) is 0 Å². The Morgan fingerprint density at radius 2 is 1.96 bits per heavy atom. The Hall–Kier alpha value is -1.74. The van der Waals surface area contributed by atoms with Crippen LogP contribution in [-0.4, -0.2) is 71.1 Å². The molecule has 7 nitrogen and oxygen atoms in total. The van der Waals surface area contributed by atoms with E-state index >= 15 is 0 Å². The van der Waals surface area contributed by atoms with Crippen molar-refractivity contribution >= 4 is 22.0 Å². The molecule has 1 amide bonds. The minimum atomic E-state index is -3.45. The van der Waals surface area contributed by atoms with Crippen molar-refractivity contribution in [3.63, 3.8) is 0 Å². The van der Waals surface area contributed by atoms with E-state index in [1.807, 2.05) is 37.3 Å². The van der Waals surface area contributed by atoms with Crippen LogP contribution in [0, 0.1) is 0 Å². The number of nitrogens with one attached hydrogen (secondary N) is 2. The van der Waals surface area contributed by atoms with Crippen LogP contribution in [0.3, 0.4) is 0 Å². The summed E-state index contributed by atoms with van der Waals surface area (Å²) >= 11 is 0. The summed E-state index contributed by atoms with van der Waals surface area (Å²) in [6.45, 7) is 4.87. The summed E-state index contributed by atoms with van der Waals surface area (Å²) in [5, 5.41) is 4.09. The third-order valence-electron chi connectivity index (χ3n) is 4.57. The monoisotopic (exact) mass is 382 g/mol. The number of benzene rings is 1. The van der Waals surface area contributed by atoms with Gasteiger partial charge in [0.15, 0.2) is 6.04 Å². The molecule has 2 rings (SSSR count). The number of hydrogen-bond acceptors (Lipinski definition) is 4. The molecule has 1 saturated heterocycles. The number of sulfonamides is 1. The van der Waals surface area contributed by atoms with Crippen molar-refractivity contribution in [2.24, 2.45) is 0 Å². The van der Waals surface area contributed by atoms with E-state index in [1.165, 1.54) is 9.71 Å². The molecule has 8 heteroatoms. The van der Waals surface area contributed by atoms with Crippen molar-refractivity contribution in [1.82, 2.24) is 9.62 Å². The number of nitrogens with zero attached hydrogens (tertiary/aromatic N) is 1. The fraction of sp³-hybridized carbons (Fsp3) is 0.500. The van der Waals surface area contributed by atoms with Crippen LogP contribution < -0.4 is 10.2 Å². The summed E-state index contributed by atoms with van der Waals surface area (Å²) < 4.78 is 31.4. The molecule has 2 N–H and O–H groups in total. The van der Waals surface area contributed by atoms with Crippen LogP contribution >= 0.6 is 0 Å². The first-order valence-electron chi connectivity index (χ1n) is 8.78. The lowest BCUT2D eigenvalue weighted by Crippen LogP contribution is -3.19. The van der Waals surface area contributed by atoms with Crippen molar-refractivity contribution < 1.29 is 22.8 Å². The Morgan fingerprint density at radius 3 is 2.58 bits per heavy atom. The van der Waals surface area contributed by atoms with Gasteiger partial charge in [-0.1, -0.05) is 30.3 Å². The van der Waals surface area contributed by atoms with Crippen molar-refractivity contribution in [3.05, 3.63) is 41.3 Å². The quantitative estimate of drug-likeness (QED) is 0.585. The smallest absolute Gasteiger partial charge is 0.278 e. The Labute approximate surface area is 155 Å². The molecule has 1 heterocycles. The second-order valence-electron chi connectivity index (χ2n) is 6.32. The SMILES string of the molecule is COCCNC(=O)[C@@H](C)[NH+]1CCN(S(=O)(=O)/C=C/c2ccccc2)CC1. The average molecular weight is 383 g/mol. The molecule has 1 aromatic carbocycles. The number of carbonyl (C=O) groups excluding carboxylic acids is 1. The van der Waals surface area contributed by atoms with Crippen molar-refractivity contribution in [2.45, 2.75) is 13.0 Å². The second kappa shape index (κ2) is 9.82. The van der Waals surface area contributed by atoms with Gasteiger partial charge >= 0.3 is 0 Å². The van der Waals surface area contributed by atoms with Gasteiger partial charge in [-0.3, -0.25) is 4.79 Å². The average Bonchev–Trinajstić information content (AvgIpc) is 2.67. The molecule has 1 aromatic rings. The number of hydrogen-bond donors (Lipinski definition) is 2. The first-order valence-corrected chi connectivity index (χ1v) is 10.3. The topological polar surface area (TPSA) is 80.2 Å². The van der Waals surface area contributed by atoms with E-state index in [0.717, 1.165) is 10.5 Å². The van der Waals surface area contributed by atoms with Gasteiger partial charge in [0.05, 0.1) is 32.8 Å². The van der Waals surface area contributed by atoms with Crippen LogP contribution in [0.25, 0.3) is 6.08 Å². The van der Waals surface area contributed by atoms with Gasteiger partial charge in [-0.2, -0.15) is 4.31 Å². The Bertz CT molecular complexity index is 698. The van der Waals surface area contributed by atoms with Gasteiger partial charge in [-0.15, -0.1) is 0 Å². The van der Waals surface area contributed by atoms with Gasteiger partial charge in [0, 0.05) is 19.1 Å². The molecule has 0 radical (unpaired) electrons. The summed E-state index contributed by atoms with van der Waals surface area (Å²) in [5.41, 5.74) is 0.849. The van der Waals surface area contributed by atoms with Crippen LogP contribution in [0.4, 0.5) is 0 Å². The highest BCUT2D eigenvalue weighted by Crippen LogP contribution is 2.08. The predicted octanol–water partition coefficient (Wildman–Crippen LogP) is -0.661. The zero-order valence-electron chi connectivity index (χ0n) is 15.3. The zero-order chi connectivity index (χ0) is 19.0. The van der Waals surface area contributed by atoms with E-state index in [2.05, 4.69) is 5.32 Å². The van der Waals surface area contributed by atoms with Crippen LogP contribution in [0.15, 0.2) is 35.7 Å². The first kappa shape index (κ1) is 20.6. The summed E-state index contributed by atoms with van der Waals surface area (Å²) in [4.78, 5) is 13.2. The fourth-order valence-electron chi connectivity index (χ4n) is 2.89. The summed E-state index contributed by atoms with van der Waals surface area (Å²) in [6, 6.07) is 9.13. The summed E-state index contributed by atoms with van der Waals surface area (Å²) in [5.74, 6) is -0.0302. The van der Waals surface area contributed by atoms with Crippen LogP contribution in [0.2, 0.25) is 0 Å². The van der Waals surface area contributed by atoms with Gasteiger partial charge in [0.2, 0.25) is 10.0 Å². The van der Waals surface area contributed by atoms with Crippen molar-refractivity contribution in [3.8, 4) is 0 Å². The molecule has 0 aliphatic carbocycles. The highest BCUT2D eigenvalue weighted by Gasteiger charge is 2.32. The maximum Gasteiger partial charge on any atom is 0.278 e. The van der Waals surface area contributed by atoms with E-state index in [4.69, 9.17) is 4.74 Å². The van der Waals surface area contributed by atoms with Gasteiger partial charge in [-0.25, -0.2) is 8.42 Å². The lowest BCUT2D eigenvalue weighted by molar-refractivity contribution is -0.917. The molecule has 0 aromatic heterocycles. The number of carbonyl (C=O) groups is 1. The lowest BCUT2D eigenvalue weighted by Gasteiger charge is -2.33. The minimum Gasteiger partial charge on any atom is -0.383 e. The van der Waals surface area contributed by atoms with Crippen molar-refractivity contribution in [2.75, 3.05) is 46.4 Å². The molecule has 1 fully saturated rings. The van der Waals surface area contributed by atoms with Crippen LogP contribution in [-0.2, 0) is 19.6 Å². The first-order chi connectivity index (χ1) is 12.4. The molecule has 26 heavy (non-hydrogen) atoms. The molecule has 144 valence electrons. The van der Waals surface area contributed by atoms with Gasteiger partial charge < -0.3 is 15.0 Å². The number of ether oxygens (including phenoxy) is 1. The van der Waals surface area contributed by atoms with Gasteiger partial charge in [0.25, 0.3) is 5.91 Å². The summed E-state index contributed by atoms with van der Waals surface area (Å²) in [6.07, 6.45) is 1.61. The molecule has 1 aliphatic rings. The van der Waals surface area contributed by atoms with E-state index in [0.29, 0.717) is 39.3 Å². The number of quaternary nitrogens is 1. The lowest BCUT2D eigenvalue weighted by atomic mass is 10.2.